The van der Waals surface area contributed by atoms with E-state index in [1.165, 1.54) is 6.92 Å². The van der Waals surface area contributed by atoms with E-state index in [0.29, 0.717) is 0 Å². The molecule has 7 heteroatoms. The molecule has 0 spiro atoms. The maximum atomic E-state index is 12.0. The third-order valence-corrected chi connectivity index (χ3v) is 2.63. The van der Waals surface area contributed by atoms with E-state index in [0.717, 1.165) is 12.1 Å². The van der Waals surface area contributed by atoms with Crippen LogP contribution in [-0.4, -0.2) is 12.1 Å². The summed E-state index contributed by atoms with van der Waals surface area (Å²) >= 11 is 2.98. The molecule has 90 valence electrons. The first-order valence-electron chi connectivity index (χ1n) is 4.25. The van der Waals surface area contributed by atoms with Gasteiger partial charge in [-0.3, -0.25) is 4.79 Å². The summed E-state index contributed by atoms with van der Waals surface area (Å²) in [5, 5.41) is 8.72. The SMILES string of the molecule is CC(=O)c1cc(OC(F)(F)F)cc(C#N)c1Br. The summed E-state index contributed by atoms with van der Waals surface area (Å²) in [5.41, 5.74) is -0.139. The Morgan fingerprint density at radius 2 is 2.06 bits per heavy atom. The van der Waals surface area contributed by atoms with Crippen molar-refractivity contribution in [3.8, 4) is 11.8 Å². The molecule has 0 amide bonds. The van der Waals surface area contributed by atoms with E-state index in [4.69, 9.17) is 5.26 Å². The fourth-order valence-electron chi connectivity index (χ4n) is 1.13. The number of alkyl halides is 3. The van der Waals surface area contributed by atoms with Crippen LogP contribution in [0.25, 0.3) is 0 Å². The molecule has 0 aliphatic rings. The fraction of sp³-hybridized carbons (Fsp3) is 0.200. The summed E-state index contributed by atoms with van der Waals surface area (Å²) in [4.78, 5) is 11.2. The van der Waals surface area contributed by atoms with Crippen LogP contribution in [0, 0.1) is 11.3 Å². The second kappa shape index (κ2) is 4.75. The van der Waals surface area contributed by atoms with Crippen molar-refractivity contribution in [2.45, 2.75) is 13.3 Å². The molecule has 0 aliphatic carbocycles. The molecule has 0 N–H and O–H groups in total. The molecule has 0 atom stereocenters. The van der Waals surface area contributed by atoms with Crippen LogP contribution >= 0.6 is 15.9 Å². The minimum absolute atomic E-state index is 0.0386. The number of rotatable bonds is 2. The van der Waals surface area contributed by atoms with E-state index in [9.17, 15) is 18.0 Å². The average Bonchev–Trinajstić information content (AvgIpc) is 2.17. The Kier molecular flexibility index (Phi) is 3.78. The molecule has 0 unspecified atom stereocenters. The summed E-state index contributed by atoms with van der Waals surface area (Å²) in [6, 6.07) is 3.51. The number of carbonyl (C=O) groups excluding carboxylic acids is 1. The van der Waals surface area contributed by atoms with Crippen LogP contribution in [0.4, 0.5) is 13.2 Å². The van der Waals surface area contributed by atoms with Gasteiger partial charge in [0.2, 0.25) is 0 Å². The number of ether oxygens (including phenoxy) is 1. The largest absolute Gasteiger partial charge is 0.573 e. The Balaban J connectivity index is 3.32. The van der Waals surface area contributed by atoms with Gasteiger partial charge in [0.1, 0.15) is 11.8 Å². The molecule has 0 fully saturated rings. The molecular weight excluding hydrogens is 303 g/mol. The van der Waals surface area contributed by atoms with E-state index < -0.39 is 17.9 Å². The van der Waals surface area contributed by atoms with Gasteiger partial charge in [0, 0.05) is 10.0 Å². The smallest absolute Gasteiger partial charge is 0.406 e. The molecule has 0 radical (unpaired) electrons. The highest BCUT2D eigenvalue weighted by atomic mass is 79.9. The second-order valence-electron chi connectivity index (χ2n) is 3.05. The highest BCUT2D eigenvalue weighted by Gasteiger charge is 2.31. The van der Waals surface area contributed by atoms with Gasteiger partial charge in [-0.1, -0.05) is 0 Å². The van der Waals surface area contributed by atoms with Gasteiger partial charge in [0.15, 0.2) is 5.78 Å². The zero-order chi connectivity index (χ0) is 13.2. The van der Waals surface area contributed by atoms with Crippen LogP contribution < -0.4 is 4.74 Å². The number of nitrogens with zero attached hydrogens (tertiary/aromatic N) is 1. The molecule has 1 rings (SSSR count). The van der Waals surface area contributed by atoms with Crippen LogP contribution in [0.15, 0.2) is 16.6 Å². The number of hydrogen-bond donors (Lipinski definition) is 0. The minimum atomic E-state index is -4.87. The standard InChI is InChI=1S/C10H5BrF3NO2/c1-5(16)8-3-7(17-10(12,13)14)2-6(4-15)9(8)11/h2-3H,1H3. The molecule has 0 aliphatic heterocycles. The van der Waals surface area contributed by atoms with Crippen LogP contribution in [-0.2, 0) is 0 Å². The predicted molar refractivity (Wildman–Crippen MR) is 55.5 cm³/mol. The number of hydrogen-bond acceptors (Lipinski definition) is 3. The lowest BCUT2D eigenvalue weighted by Crippen LogP contribution is -2.17. The quantitative estimate of drug-likeness (QED) is 0.787. The zero-order valence-corrected chi connectivity index (χ0v) is 10.0. The number of Topliss-reactive ketones (excluding diaryl/α,β-unsaturated/α-hetero) is 1. The van der Waals surface area contributed by atoms with Gasteiger partial charge in [-0.2, -0.15) is 5.26 Å². The Hall–Kier alpha value is -1.55. The summed E-state index contributed by atoms with van der Waals surface area (Å²) in [6.07, 6.45) is -4.87. The van der Waals surface area contributed by atoms with Gasteiger partial charge in [-0.05, 0) is 35.0 Å². The maximum Gasteiger partial charge on any atom is 0.573 e. The highest BCUT2D eigenvalue weighted by molar-refractivity contribution is 9.10. The van der Waals surface area contributed by atoms with E-state index in [1.54, 1.807) is 6.07 Å². The van der Waals surface area contributed by atoms with Crippen LogP contribution in [0.1, 0.15) is 22.8 Å². The summed E-state index contributed by atoms with van der Waals surface area (Å²) in [5.74, 6) is -1.07. The number of carbonyl (C=O) groups is 1. The number of ketones is 1. The summed E-state index contributed by atoms with van der Waals surface area (Å²) in [6.45, 7) is 1.18. The van der Waals surface area contributed by atoms with Gasteiger partial charge in [-0.15, -0.1) is 13.2 Å². The molecule has 3 nitrogen and oxygen atoms in total. The highest BCUT2D eigenvalue weighted by Crippen LogP contribution is 2.30. The third kappa shape index (κ3) is 3.46. The molecular formula is C10H5BrF3NO2. The molecule has 0 saturated carbocycles. The van der Waals surface area contributed by atoms with Crippen molar-refractivity contribution in [2.75, 3.05) is 0 Å². The van der Waals surface area contributed by atoms with E-state index in [1.807, 2.05) is 0 Å². The van der Waals surface area contributed by atoms with Gasteiger partial charge < -0.3 is 4.74 Å². The van der Waals surface area contributed by atoms with E-state index in [2.05, 4.69) is 20.7 Å². The van der Waals surface area contributed by atoms with Crippen LogP contribution in [0.2, 0.25) is 0 Å². The van der Waals surface area contributed by atoms with Gasteiger partial charge in [0.25, 0.3) is 0 Å². The second-order valence-corrected chi connectivity index (χ2v) is 3.84. The normalized spacial score (nSPS) is 10.8. The Morgan fingerprint density at radius 3 is 2.47 bits per heavy atom. The first-order valence-corrected chi connectivity index (χ1v) is 5.04. The fourth-order valence-corrected chi connectivity index (χ4v) is 1.72. The summed E-state index contributed by atoms with van der Waals surface area (Å²) < 4.78 is 39.8. The van der Waals surface area contributed by atoms with Crippen molar-refractivity contribution in [1.29, 1.82) is 5.26 Å². The lowest BCUT2D eigenvalue weighted by atomic mass is 10.1. The predicted octanol–water partition coefficient (Wildman–Crippen LogP) is 3.42. The van der Waals surface area contributed by atoms with Crippen LogP contribution in [0.3, 0.4) is 0 Å². The van der Waals surface area contributed by atoms with Crippen molar-refractivity contribution in [1.82, 2.24) is 0 Å². The van der Waals surface area contributed by atoms with Gasteiger partial charge in [-0.25, -0.2) is 0 Å². The van der Waals surface area contributed by atoms with Crippen molar-refractivity contribution in [3.63, 3.8) is 0 Å². The van der Waals surface area contributed by atoms with Crippen molar-refractivity contribution < 1.29 is 22.7 Å². The first-order chi connectivity index (χ1) is 7.74. The van der Waals surface area contributed by atoms with Crippen LogP contribution in [0.5, 0.6) is 5.75 Å². The van der Waals surface area contributed by atoms with Gasteiger partial charge >= 0.3 is 6.36 Å². The summed E-state index contributed by atoms with van der Waals surface area (Å²) in [7, 11) is 0. The number of benzene rings is 1. The van der Waals surface area contributed by atoms with Gasteiger partial charge in [0.05, 0.1) is 5.56 Å². The average molecular weight is 308 g/mol. The Labute approximate surface area is 103 Å². The van der Waals surface area contributed by atoms with E-state index >= 15 is 0 Å². The number of halogens is 4. The van der Waals surface area contributed by atoms with Crippen molar-refractivity contribution >= 4 is 21.7 Å². The lowest BCUT2D eigenvalue weighted by molar-refractivity contribution is -0.274. The van der Waals surface area contributed by atoms with E-state index in [-0.39, 0.29) is 15.6 Å². The van der Waals surface area contributed by atoms with Crippen molar-refractivity contribution in [3.05, 3.63) is 27.7 Å². The monoisotopic (exact) mass is 307 g/mol. The Morgan fingerprint density at radius 1 is 1.47 bits per heavy atom. The third-order valence-electron chi connectivity index (χ3n) is 1.78. The first kappa shape index (κ1) is 13.5. The Bertz CT molecular complexity index is 505. The lowest BCUT2D eigenvalue weighted by Gasteiger charge is -2.11. The molecule has 0 bridgehead atoms. The molecule has 1 aromatic rings. The molecule has 0 heterocycles. The van der Waals surface area contributed by atoms with Crippen molar-refractivity contribution in [2.24, 2.45) is 0 Å². The zero-order valence-electron chi connectivity index (χ0n) is 8.43. The maximum absolute atomic E-state index is 12.0. The molecule has 17 heavy (non-hydrogen) atoms. The minimum Gasteiger partial charge on any atom is -0.406 e. The topological polar surface area (TPSA) is 50.1 Å². The molecule has 1 aromatic carbocycles. The molecule has 0 aromatic heterocycles. The molecule has 0 saturated heterocycles. The number of nitriles is 1.